The highest BCUT2D eigenvalue weighted by Crippen LogP contribution is 2.25. The number of urea groups is 1. The second-order valence-electron chi connectivity index (χ2n) is 4.58. The lowest BCUT2D eigenvalue weighted by atomic mass is 10.1. The van der Waals surface area contributed by atoms with Gasteiger partial charge in [0.1, 0.15) is 0 Å². The molecule has 0 fully saturated rings. The number of phenols is 2. The molecule has 116 valence electrons. The van der Waals surface area contributed by atoms with Crippen LogP contribution in [0.5, 0.6) is 11.5 Å². The van der Waals surface area contributed by atoms with E-state index in [2.05, 4.69) is 10.6 Å². The molecule has 22 heavy (non-hydrogen) atoms. The van der Waals surface area contributed by atoms with Gasteiger partial charge in [0, 0.05) is 12.2 Å². The first-order valence-corrected chi connectivity index (χ1v) is 7.22. The topological polar surface area (TPSA) is 81.6 Å². The molecule has 4 N–H and O–H groups in total. The lowest BCUT2D eigenvalue weighted by molar-refractivity contribution is 0.252. The van der Waals surface area contributed by atoms with Crippen molar-refractivity contribution in [3.05, 3.63) is 52.0 Å². The van der Waals surface area contributed by atoms with Crippen LogP contribution in [0.2, 0.25) is 10.0 Å². The maximum atomic E-state index is 11.7. The van der Waals surface area contributed by atoms with Crippen molar-refractivity contribution in [3.8, 4) is 11.5 Å². The van der Waals surface area contributed by atoms with Crippen LogP contribution in [0.1, 0.15) is 5.56 Å². The summed E-state index contributed by atoms with van der Waals surface area (Å²) in [5.74, 6) is -0.355. The summed E-state index contributed by atoms with van der Waals surface area (Å²) >= 11 is 11.7. The van der Waals surface area contributed by atoms with Crippen molar-refractivity contribution >= 4 is 34.9 Å². The second-order valence-corrected chi connectivity index (χ2v) is 5.40. The number of nitrogens with one attached hydrogen (secondary N) is 2. The van der Waals surface area contributed by atoms with E-state index in [0.717, 1.165) is 5.56 Å². The third kappa shape index (κ3) is 4.44. The summed E-state index contributed by atoms with van der Waals surface area (Å²) in [6, 6.07) is 8.95. The van der Waals surface area contributed by atoms with Crippen molar-refractivity contribution in [2.45, 2.75) is 6.42 Å². The Kier molecular flexibility index (Phi) is 5.35. The number of phenolic OH excluding ortho intramolecular Hbond substituents is 2. The Morgan fingerprint density at radius 3 is 2.45 bits per heavy atom. The Hall–Kier alpha value is -2.11. The van der Waals surface area contributed by atoms with Gasteiger partial charge in [0.05, 0.1) is 10.0 Å². The Labute approximate surface area is 137 Å². The van der Waals surface area contributed by atoms with Gasteiger partial charge in [0.15, 0.2) is 11.5 Å². The van der Waals surface area contributed by atoms with Crippen LogP contribution in [0.3, 0.4) is 0 Å². The van der Waals surface area contributed by atoms with Crippen LogP contribution in [-0.2, 0) is 6.42 Å². The minimum Gasteiger partial charge on any atom is -0.504 e. The number of rotatable bonds is 4. The van der Waals surface area contributed by atoms with E-state index in [1.165, 1.54) is 12.1 Å². The maximum absolute atomic E-state index is 11.7. The van der Waals surface area contributed by atoms with Crippen molar-refractivity contribution in [3.63, 3.8) is 0 Å². The molecule has 0 aliphatic carbocycles. The van der Waals surface area contributed by atoms with Crippen molar-refractivity contribution < 1.29 is 15.0 Å². The molecule has 0 radical (unpaired) electrons. The Balaban J connectivity index is 1.82. The fourth-order valence-corrected chi connectivity index (χ4v) is 2.09. The molecule has 0 saturated heterocycles. The standard InChI is InChI=1S/C15H14Cl2N2O3/c16-11-3-2-10(8-12(11)17)19-15(22)18-6-5-9-1-4-13(20)14(21)7-9/h1-4,7-8,20-21H,5-6H2,(H2,18,19,22). The van der Waals surface area contributed by atoms with Gasteiger partial charge in [0.25, 0.3) is 0 Å². The van der Waals surface area contributed by atoms with E-state index < -0.39 is 0 Å². The molecule has 5 nitrogen and oxygen atoms in total. The maximum Gasteiger partial charge on any atom is 0.319 e. The summed E-state index contributed by atoms with van der Waals surface area (Å²) in [6.07, 6.45) is 0.517. The molecule has 0 bridgehead atoms. The summed E-state index contributed by atoms with van der Waals surface area (Å²) in [7, 11) is 0. The summed E-state index contributed by atoms with van der Waals surface area (Å²) in [6.45, 7) is 0.372. The zero-order chi connectivity index (χ0) is 16.1. The number of anilines is 1. The molecule has 0 unspecified atom stereocenters. The van der Waals surface area contributed by atoms with Gasteiger partial charge in [0.2, 0.25) is 0 Å². The van der Waals surface area contributed by atoms with Gasteiger partial charge in [-0.25, -0.2) is 4.79 Å². The van der Waals surface area contributed by atoms with Gasteiger partial charge in [-0.1, -0.05) is 29.3 Å². The minimum atomic E-state index is -0.374. The average molecular weight is 341 g/mol. The fourth-order valence-electron chi connectivity index (χ4n) is 1.79. The van der Waals surface area contributed by atoms with Gasteiger partial charge in [-0.2, -0.15) is 0 Å². The van der Waals surface area contributed by atoms with Crippen LogP contribution in [0, 0.1) is 0 Å². The van der Waals surface area contributed by atoms with Crippen molar-refractivity contribution in [1.29, 1.82) is 0 Å². The van der Waals surface area contributed by atoms with E-state index in [-0.39, 0.29) is 17.5 Å². The first-order valence-electron chi connectivity index (χ1n) is 6.46. The quantitative estimate of drug-likeness (QED) is 0.639. The molecule has 0 atom stereocenters. The average Bonchev–Trinajstić information content (AvgIpc) is 2.47. The molecule has 2 aromatic carbocycles. The van der Waals surface area contributed by atoms with Crippen molar-refractivity contribution in [2.24, 2.45) is 0 Å². The first-order chi connectivity index (χ1) is 10.5. The number of aromatic hydroxyl groups is 2. The van der Waals surface area contributed by atoms with Gasteiger partial charge in [-0.3, -0.25) is 0 Å². The van der Waals surface area contributed by atoms with E-state index in [1.54, 1.807) is 24.3 Å². The molecule has 0 aromatic heterocycles. The smallest absolute Gasteiger partial charge is 0.319 e. The lowest BCUT2D eigenvalue weighted by Gasteiger charge is -2.09. The highest BCUT2D eigenvalue weighted by atomic mass is 35.5. The number of amides is 2. The molecule has 2 rings (SSSR count). The SMILES string of the molecule is O=C(NCCc1ccc(O)c(O)c1)Nc1ccc(Cl)c(Cl)c1. The number of benzene rings is 2. The summed E-state index contributed by atoms with van der Waals surface area (Å²) < 4.78 is 0. The largest absolute Gasteiger partial charge is 0.504 e. The molecule has 0 heterocycles. The summed E-state index contributed by atoms with van der Waals surface area (Å²) in [5.41, 5.74) is 1.33. The predicted molar refractivity (Wildman–Crippen MR) is 87.0 cm³/mol. The predicted octanol–water partition coefficient (Wildman–Crippen LogP) is 3.77. The lowest BCUT2D eigenvalue weighted by Crippen LogP contribution is -2.30. The van der Waals surface area contributed by atoms with Crippen molar-refractivity contribution in [1.82, 2.24) is 5.32 Å². The molecule has 0 aliphatic heterocycles. The normalized spacial score (nSPS) is 10.3. The van der Waals surface area contributed by atoms with Gasteiger partial charge in [-0.05, 0) is 42.3 Å². The van der Waals surface area contributed by atoms with Crippen LogP contribution in [0.25, 0.3) is 0 Å². The van der Waals surface area contributed by atoms with Crippen LogP contribution >= 0.6 is 23.2 Å². The number of hydrogen-bond donors (Lipinski definition) is 4. The molecule has 7 heteroatoms. The molecule has 2 aromatic rings. The second kappa shape index (κ2) is 7.24. The highest BCUT2D eigenvalue weighted by Gasteiger charge is 2.05. The highest BCUT2D eigenvalue weighted by molar-refractivity contribution is 6.42. The van der Waals surface area contributed by atoms with Crippen LogP contribution in [-0.4, -0.2) is 22.8 Å². The van der Waals surface area contributed by atoms with E-state index in [0.29, 0.717) is 28.7 Å². The monoisotopic (exact) mass is 340 g/mol. The van der Waals surface area contributed by atoms with Crippen LogP contribution in [0.4, 0.5) is 10.5 Å². The molecule has 0 saturated carbocycles. The number of carbonyl (C=O) groups is 1. The van der Waals surface area contributed by atoms with E-state index in [9.17, 15) is 15.0 Å². The molecular formula is C15H14Cl2N2O3. The summed E-state index contributed by atoms with van der Waals surface area (Å²) in [5, 5.41) is 24.7. The Morgan fingerprint density at radius 2 is 1.77 bits per heavy atom. The van der Waals surface area contributed by atoms with E-state index in [4.69, 9.17) is 23.2 Å². The third-order valence-electron chi connectivity index (χ3n) is 2.92. The number of carbonyl (C=O) groups excluding carboxylic acids is 1. The van der Waals surface area contributed by atoms with Crippen LogP contribution in [0.15, 0.2) is 36.4 Å². The Bertz CT molecular complexity index is 692. The third-order valence-corrected chi connectivity index (χ3v) is 3.66. The molecule has 0 aliphatic rings. The molecule has 0 spiro atoms. The Morgan fingerprint density at radius 1 is 1.00 bits per heavy atom. The van der Waals surface area contributed by atoms with E-state index in [1.807, 2.05) is 0 Å². The number of hydrogen-bond acceptors (Lipinski definition) is 3. The van der Waals surface area contributed by atoms with Gasteiger partial charge in [-0.15, -0.1) is 0 Å². The minimum absolute atomic E-state index is 0.172. The van der Waals surface area contributed by atoms with Crippen LogP contribution < -0.4 is 10.6 Å². The van der Waals surface area contributed by atoms with E-state index >= 15 is 0 Å². The van der Waals surface area contributed by atoms with Crippen molar-refractivity contribution in [2.75, 3.05) is 11.9 Å². The van der Waals surface area contributed by atoms with Gasteiger partial charge < -0.3 is 20.8 Å². The fraction of sp³-hybridized carbons (Fsp3) is 0.133. The number of halogens is 2. The summed E-state index contributed by atoms with van der Waals surface area (Å²) in [4.78, 5) is 11.7. The van der Waals surface area contributed by atoms with Gasteiger partial charge >= 0.3 is 6.03 Å². The zero-order valence-electron chi connectivity index (χ0n) is 11.4. The molecular weight excluding hydrogens is 327 g/mol. The zero-order valence-corrected chi connectivity index (χ0v) is 12.9. The molecule has 2 amide bonds. The first kappa shape index (κ1) is 16.3.